The van der Waals surface area contributed by atoms with E-state index in [4.69, 9.17) is 9.52 Å². The molecule has 0 aliphatic carbocycles. The van der Waals surface area contributed by atoms with Crippen molar-refractivity contribution in [1.82, 2.24) is 10.3 Å². The summed E-state index contributed by atoms with van der Waals surface area (Å²) in [5.74, 6) is -0.474. The largest absolute Gasteiger partial charge is 0.478 e. The van der Waals surface area contributed by atoms with Gasteiger partial charge in [-0.15, -0.1) is 0 Å². The van der Waals surface area contributed by atoms with Gasteiger partial charge < -0.3 is 14.8 Å². The predicted octanol–water partition coefficient (Wildman–Crippen LogP) is 1.93. The monoisotopic (exact) mass is 288 g/mol. The fraction of sp³-hybridized carbons (Fsp3) is 0.267. The van der Waals surface area contributed by atoms with Gasteiger partial charge >= 0.3 is 5.97 Å². The Labute approximate surface area is 121 Å². The molecule has 0 fully saturated rings. The van der Waals surface area contributed by atoms with Crippen LogP contribution in [0.15, 0.2) is 34.9 Å². The zero-order valence-electron chi connectivity index (χ0n) is 11.6. The van der Waals surface area contributed by atoms with Crippen molar-refractivity contribution in [1.29, 1.82) is 0 Å². The molecule has 110 valence electrons. The third kappa shape index (κ3) is 4.45. The molecule has 6 nitrogen and oxygen atoms in total. The predicted molar refractivity (Wildman–Crippen MR) is 74.8 cm³/mol. The minimum atomic E-state index is -0.956. The molecule has 1 aromatic heterocycles. The SMILES string of the molecule is Cc1nc(CNC(=O)CCc2ccc(C(=O)O)cc2)co1. The molecular formula is C15H16N2O4. The lowest BCUT2D eigenvalue weighted by Crippen LogP contribution is -2.23. The maximum Gasteiger partial charge on any atom is 0.335 e. The molecule has 0 bridgehead atoms. The molecule has 2 aromatic rings. The summed E-state index contributed by atoms with van der Waals surface area (Å²) in [6.45, 7) is 2.08. The van der Waals surface area contributed by atoms with E-state index in [-0.39, 0.29) is 11.5 Å². The first kappa shape index (κ1) is 14.8. The molecule has 0 unspecified atom stereocenters. The summed E-state index contributed by atoms with van der Waals surface area (Å²) in [4.78, 5) is 26.5. The topological polar surface area (TPSA) is 92.4 Å². The van der Waals surface area contributed by atoms with E-state index in [1.165, 1.54) is 18.4 Å². The van der Waals surface area contributed by atoms with E-state index < -0.39 is 5.97 Å². The van der Waals surface area contributed by atoms with E-state index >= 15 is 0 Å². The van der Waals surface area contributed by atoms with Crippen LogP contribution < -0.4 is 5.32 Å². The average Bonchev–Trinajstić information content (AvgIpc) is 2.89. The number of hydrogen-bond donors (Lipinski definition) is 2. The highest BCUT2D eigenvalue weighted by atomic mass is 16.4. The minimum absolute atomic E-state index is 0.0852. The van der Waals surface area contributed by atoms with Gasteiger partial charge in [0.1, 0.15) is 6.26 Å². The minimum Gasteiger partial charge on any atom is -0.478 e. The molecular weight excluding hydrogens is 272 g/mol. The number of amides is 1. The van der Waals surface area contributed by atoms with Gasteiger partial charge in [0.2, 0.25) is 5.91 Å². The van der Waals surface area contributed by atoms with E-state index in [1.54, 1.807) is 19.1 Å². The Balaban J connectivity index is 1.77. The van der Waals surface area contributed by atoms with Gasteiger partial charge in [0.15, 0.2) is 5.89 Å². The Morgan fingerprint density at radius 2 is 2.00 bits per heavy atom. The molecule has 1 aromatic carbocycles. The van der Waals surface area contributed by atoms with Gasteiger partial charge in [0, 0.05) is 13.3 Å². The maximum atomic E-state index is 11.7. The van der Waals surface area contributed by atoms with Crippen LogP contribution in [0.25, 0.3) is 0 Å². The van der Waals surface area contributed by atoms with E-state index in [1.807, 2.05) is 0 Å². The summed E-state index contributed by atoms with van der Waals surface area (Å²) in [6.07, 6.45) is 2.41. The number of carboxylic acid groups (broad SMARTS) is 1. The highest BCUT2D eigenvalue weighted by molar-refractivity contribution is 5.87. The summed E-state index contributed by atoms with van der Waals surface area (Å²) >= 11 is 0. The third-order valence-corrected chi connectivity index (χ3v) is 2.97. The molecule has 1 heterocycles. The number of aryl methyl sites for hydroxylation is 2. The van der Waals surface area contributed by atoms with Crippen molar-refractivity contribution in [3.8, 4) is 0 Å². The molecule has 2 N–H and O–H groups in total. The lowest BCUT2D eigenvalue weighted by molar-refractivity contribution is -0.121. The number of aromatic carboxylic acids is 1. The number of hydrogen-bond acceptors (Lipinski definition) is 4. The van der Waals surface area contributed by atoms with Gasteiger partial charge in [-0.3, -0.25) is 4.79 Å². The van der Waals surface area contributed by atoms with Crippen molar-refractivity contribution in [2.24, 2.45) is 0 Å². The number of benzene rings is 1. The first-order valence-electron chi connectivity index (χ1n) is 6.54. The van der Waals surface area contributed by atoms with Crippen molar-refractivity contribution in [3.63, 3.8) is 0 Å². The molecule has 2 rings (SSSR count). The maximum absolute atomic E-state index is 11.7. The smallest absolute Gasteiger partial charge is 0.335 e. The van der Waals surface area contributed by atoms with E-state index in [0.717, 1.165) is 5.56 Å². The number of nitrogens with one attached hydrogen (secondary N) is 1. The van der Waals surface area contributed by atoms with E-state index in [2.05, 4.69) is 10.3 Å². The average molecular weight is 288 g/mol. The van der Waals surface area contributed by atoms with Gasteiger partial charge in [0.25, 0.3) is 0 Å². The summed E-state index contributed by atoms with van der Waals surface area (Å²) in [5, 5.41) is 11.6. The van der Waals surface area contributed by atoms with Gasteiger partial charge in [0.05, 0.1) is 17.8 Å². The summed E-state index contributed by atoms with van der Waals surface area (Å²) in [7, 11) is 0. The summed E-state index contributed by atoms with van der Waals surface area (Å²) in [6, 6.07) is 6.51. The number of carbonyl (C=O) groups is 2. The van der Waals surface area contributed by atoms with E-state index in [9.17, 15) is 9.59 Å². The van der Waals surface area contributed by atoms with Crippen molar-refractivity contribution in [3.05, 3.63) is 53.2 Å². The van der Waals surface area contributed by atoms with Crippen LogP contribution in [0, 0.1) is 6.92 Å². The Kier molecular flexibility index (Phi) is 4.71. The molecule has 0 aliphatic heterocycles. The van der Waals surface area contributed by atoms with Crippen LogP contribution >= 0.6 is 0 Å². The summed E-state index contributed by atoms with van der Waals surface area (Å²) in [5.41, 5.74) is 1.85. The fourth-order valence-electron chi connectivity index (χ4n) is 1.84. The molecule has 1 amide bonds. The molecule has 6 heteroatoms. The number of carbonyl (C=O) groups excluding carboxylic acids is 1. The van der Waals surface area contributed by atoms with Crippen LogP contribution in [0.3, 0.4) is 0 Å². The molecule has 0 saturated carbocycles. The van der Waals surface area contributed by atoms with E-state index in [0.29, 0.717) is 31.0 Å². The molecule has 0 radical (unpaired) electrons. The second-order valence-electron chi connectivity index (χ2n) is 4.64. The molecule has 0 aliphatic rings. The lowest BCUT2D eigenvalue weighted by Gasteiger charge is -2.04. The number of rotatable bonds is 6. The zero-order chi connectivity index (χ0) is 15.2. The van der Waals surface area contributed by atoms with Crippen molar-refractivity contribution in [2.45, 2.75) is 26.3 Å². The van der Waals surface area contributed by atoms with Crippen LogP contribution in [-0.2, 0) is 17.8 Å². The lowest BCUT2D eigenvalue weighted by atomic mass is 10.1. The summed E-state index contributed by atoms with van der Waals surface area (Å²) < 4.78 is 5.05. The quantitative estimate of drug-likeness (QED) is 0.847. The third-order valence-electron chi connectivity index (χ3n) is 2.97. The second kappa shape index (κ2) is 6.69. The highest BCUT2D eigenvalue weighted by Gasteiger charge is 2.06. The van der Waals surface area contributed by atoms with Crippen LogP contribution in [0.1, 0.15) is 33.9 Å². The molecule has 21 heavy (non-hydrogen) atoms. The van der Waals surface area contributed by atoms with Crippen molar-refractivity contribution >= 4 is 11.9 Å². The first-order valence-corrected chi connectivity index (χ1v) is 6.54. The van der Waals surface area contributed by atoms with Gasteiger partial charge in [-0.05, 0) is 24.1 Å². The molecule has 0 spiro atoms. The van der Waals surface area contributed by atoms with Crippen LogP contribution in [0.2, 0.25) is 0 Å². The van der Waals surface area contributed by atoms with Crippen molar-refractivity contribution < 1.29 is 19.1 Å². The molecule has 0 saturated heterocycles. The normalized spacial score (nSPS) is 10.3. The van der Waals surface area contributed by atoms with Crippen molar-refractivity contribution in [2.75, 3.05) is 0 Å². The van der Waals surface area contributed by atoms with Crippen LogP contribution in [0.4, 0.5) is 0 Å². The Morgan fingerprint density at radius 3 is 2.57 bits per heavy atom. The fourth-order valence-corrected chi connectivity index (χ4v) is 1.84. The number of nitrogens with zero attached hydrogens (tertiary/aromatic N) is 1. The van der Waals surface area contributed by atoms with Crippen LogP contribution in [-0.4, -0.2) is 22.0 Å². The molecule has 0 atom stereocenters. The zero-order valence-corrected chi connectivity index (χ0v) is 11.6. The Morgan fingerprint density at radius 1 is 1.29 bits per heavy atom. The first-order chi connectivity index (χ1) is 10.0. The van der Waals surface area contributed by atoms with Gasteiger partial charge in [-0.25, -0.2) is 9.78 Å². The Bertz CT molecular complexity index is 631. The Hall–Kier alpha value is -2.63. The van der Waals surface area contributed by atoms with Gasteiger partial charge in [-0.1, -0.05) is 12.1 Å². The standard InChI is InChI=1S/C15H16N2O4/c1-10-17-13(9-21-10)8-16-14(18)7-4-11-2-5-12(6-3-11)15(19)20/h2-3,5-6,9H,4,7-8H2,1H3,(H,16,18)(H,19,20). The number of carboxylic acids is 1. The van der Waals surface area contributed by atoms with Gasteiger partial charge in [-0.2, -0.15) is 0 Å². The number of aromatic nitrogens is 1. The number of oxazole rings is 1. The second-order valence-corrected chi connectivity index (χ2v) is 4.64. The van der Waals surface area contributed by atoms with Crippen LogP contribution in [0.5, 0.6) is 0 Å². The highest BCUT2D eigenvalue weighted by Crippen LogP contribution is 2.07.